The Hall–Kier alpha value is -5.15. The Labute approximate surface area is 375 Å². The van der Waals surface area contributed by atoms with Gasteiger partial charge in [-0.25, -0.2) is 25.0 Å². The zero-order valence-electron chi connectivity index (χ0n) is 37.1. The summed E-state index contributed by atoms with van der Waals surface area (Å²) < 4.78 is 3.29. The number of nitrogens with zero attached hydrogens (tertiary/aromatic N) is 9. The van der Waals surface area contributed by atoms with E-state index >= 15 is 0 Å². The average molecular weight is 882 g/mol. The van der Waals surface area contributed by atoms with Crippen LogP contribution in [0.5, 0.6) is 0 Å². The van der Waals surface area contributed by atoms with E-state index in [1.165, 1.54) is 0 Å². The van der Waals surface area contributed by atoms with Crippen LogP contribution in [-0.2, 0) is 24.5 Å². The maximum Gasteiger partial charge on any atom is 0.349 e. The van der Waals surface area contributed by atoms with Gasteiger partial charge in [0.05, 0.1) is 6.10 Å². The first-order valence-corrected chi connectivity index (χ1v) is 23.2. The molecule has 8 N–H and O–H groups in total. The standard InChI is InChI=1S/C45H67N15O4/c46-36-9-23-56(24-10-36)19-1-3-21-58-28-14-40(54-44(58)62)52-39-7-6-34(32-50-39)31-48-16-5-17-51-64-38-13-27-60(33-38)43(61)35-8-18-49-42(30-35)53-41-15-29-59(45(63)55-41)22-4-2-20-57-25-11-37(47)12-26-57/h6-8,14-15,18,28-30,32,36-38,48,51H,1-5,9-13,16-17,19-27,31,33,46-47H2,(H,49,53,55,63)(H,50,52,54,62). The number of nitrogens with one attached hydrogen (secondary N) is 4. The number of hydroxylamine groups is 1. The Morgan fingerprint density at radius 2 is 1.28 bits per heavy atom. The molecule has 0 radical (unpaired) electrons. The molecule has 7 rings (SSSR count). The number of unbranched alkanes of at least 4 members (excludes halogenated alkanes) is 2. The van der Waals surface area contributed by atoms with Crippen LogP contribution in [0, 0.1) is 0 Å². The molecular weight excluding hydrogens is 815 g/mol. The fourth-order valence-corrected chi connectivity index (χ4v) is 8.31. The van der Waals surface area contributed by atoms with Crippen molar-refractivity contribution in [2.75, 3.05) is 76.1 Å². The van der Waals surface area contributed by atoms with Gasteiger partial charge in [0.1, 0.15) is 23.3 Å². The monoisotopic (exact) mass is 882 g/mol. The number of carbonyl (C=O) groups excluding carboxylic acids is 1. The van der Waals surface area contributed by atoms with E-state index in [1.807, 2.05) is 18.2 Å². The van der Waals surface area contributed by atoms with Crippen molar-refractivity contribution in [3.63, 3.8) is 0 Å². The highest BCUT2D eigenvalue weighted by molar-refractivity contribution is 5.95. The maximum atomic E-state index is 13.4. The number of anilines is 4. The Balaban J connectivity index is 0.732. The van der Waals surface area contributed by atoms with Gasteiger partial charge in [0.25, 0.3) is 5.91 Å². The summed E-state index contributed by atoms with van der Waals surface area (Å²) in [5.41, 5.74) is 16.0. The van der Waals surface area contributed by atoms with Crippen molar-refractivity contribution in [1.82, 2.24) is 54.6 Å². The number of aryl methyl sites for hydroxylation is 2. The predicted molar refractivity (Wildman–Crippen MR) is 248 cm³/mol. The van der Waals surface area contributed by atoms with Crippen LogP contribution in [0.15, 0.2) is 70.8 Å². The van der Waals surface area contributed by atoms with Crippen LogP contribution in [0.4, 0.5) is 23.3 Å². The molecule has 3 aliphatic heterocycles. The Kier molecular flexibility index (Phi) is 17.7. The van der Waals surface area contributed by atoms with Crippen LogP contribution in [0.1, 0.15) is 80.1 Å². The number of rotatable bonds is 23. The number of pyridine rings is 2. The first-order valence-electron chi connectivity index (χ1n) is 23.2. The summed E-state index contributed by atoms with van der Waals surface area (Å²) in [5.74, 6) is 1.81. The van der Waals surface area contributed by atoms with Gasteiger partial charge in [-0.05, 0) is 146 Å². The molecule has 1 amide bonds. The zero-order chi connectivity index (χ0) is 44.5. The van der Waals surface area contributed by atoms with Gasteiger partial charge >= 0.3 is 11.4 Å². The summed E-state index contributed by atoms with van der Waals surface area (Å²) >= 11 is 0. The topological polar surface area (TPSA) is 232 Å². The molecule has 0 aliphatic carbocycles. The number of hydrogen-bond acceptors (Lipinski definition) is 16. The average Bonchev–Trinajstić information content (AvgIpc) is 3.78. The minimum absolute atomic E-state index is 0.104. The van der Waals surface area contributed by atoms with E-state index in [0.29, 0.717) is 80.2 Å². The van der Waals surface area contributed by atoms with Crippen molar-refractivity contribution >= 4 is 29.2 Å². The Bertz CT molecular complexity index is 2170. The highest BCUT2D eigenvalue weighted by atomic mass is 16.7. The summed E-state index contributed by atoms with van der Waals surface area (Å²) in [6.45, 7) is 10.7. The molecule has 4 aromatic heterocycles. The summed E-state index contributed by atoms with van der Waals surface area (Å²) in [6, 6.07) is 11.5. The van der Waals surface area contributed by atoms with E-state index in [1.54, 1.807) is 57.0 Å². The molecule has 3 aliphatic rings. The summed E-state index contributed by atoms with van der Waals surface area (Å²) in [7, 11) is 0. The van der Waals surface area contributed by atoms with Crippen LogP contribution in [0.3, 0.4) is 0 Å². The number of nitrogens with two attached hydrogens (primary N) is 2. The molecule has 3 fully saturated rings. The zero-order valence-corrected chi connectivity index (χ0v) is 37.1. The lowest BCUT2D eigenvalue weighted by atomic mass is 10.1. The molecule has 1 atom stereocenters. The second-order valence-electron chi connectivity index (χ2n) is 17.3. The second-order valence-corrected chi connectivity index (χ2v) is 17.3. The lowest BCUT2D eigenvalue weighted by molar-refractivity contribution is -0.0182. The fraction of sp³-hybridized carbons (Fsp3) is 0.578. The molecule has 64 heavy (non-hydrogen) atoms. The molecule has 0 spiro atoms. The quantitative estimate of drug-likeness (QED) is 0.0464. The van der Waals surface area contributed by atoms with Crippen molar-refractivity contribution in [3.05, 3.63) is 93.3 Å². The number of likely N-dealkylation sites (tertiary alicyclic amines) is 3. The van der Waals surface area contributed by atoms with E-state index < -0.39 is 0 Å². The third kappa shape index (κ3) is 14.7. The van der Waals surface area contributed by atoms with Crippen LogP contribution in [0.2, 0.25) is 0 Å². The van der Waals surface area contributed by atoms with Crippen molar-refractivity contribution < 1.29 is 9.63 Å². The first-order chi connectivity index (χ1) is 31.2. The smallest absolute Gasteiger partial charge is 0.336 e. The molecule has 1 unspecified atom stereocenters. The predicted octanol–water partition coefficient (Wildman–Crippen LogP) is 2.40. The van der Waals surface area contributed by atoms with E-state index in [2.05, 4.69) is 51.2 Å². The van der Waals surface area contributed by atoms with Gasteiger partial charge in [-0.3, -0.25) is 18.8 Å². The normalized spacial score (nSPS) is 17.8. The van der Waals surface area contributed by atoms with Crippen molar-refractivity contribution in [3.8, 4) is 0 Å². The van der Waals surface area contributed by atoms with Gasteiger partial charge in [0, 0.05) is 81.7 Å². The van der Waals surface area contributed by atoms with Gasteiger partial charge in [0.2, 0.25) is 0 Å². The lowest BCUT2D eigenvalue weighted by Crippen LogP contribution is -2.40. The first kappa shape index (κ1) is 46.8. The van der Waals surface area contributed by atoms with Gasteiger partial charge in [-0.2, -0.15) is 9.97 Å². The third-order valence-corrected chi connectivity index (χ3v) is 12.2. The van der Waals surface area contributed by atoms with Gasteiger partial charge < -0.3 is 42.1 Å². The van der Waals surface area contributed by atoms with E-state index in [-0.39, 0.29) is 23.4 Å². The number of amides is 1. The highest BCUT2D eigenvalue weighted by Crippen LogP contribution is 2.19. The SMILES string of the molecule is NC1CCN(CCCCn2ccc(Nc3ccc(CNCCCNOC4CCN(C(=O)c5ccnc(Nc6ccn(CCCCN7CCC(N)CC7)c(=O)n6)c5)C4)cn3)nc2=O)CC1. The molecule has 0 bridgehead atoms. The molecule has 19 nitrogen and oxygen atoms in total. The van der Waals surface area contributed by atoms with Crippen LogP contribution in [-0.4, -0.2) is 133 Å². The number of hydrogen-bond donors (Lipinski definition) is 6. The van der Waals surface area contributed by atoms with Crippen molar-refractivity contribution in [2.45, 2.75) is 102 Å². The fourth-order valence-electron chi connectivity index (χ4n) is 8.31. The number of piperidine rings is 2. The number of carbonyl (C=O) groups is 1. The van der Waals surface area contributed by atoms with Gasteiger partial charge in [-0.15, -0.1) is 0 Å². The summed E-state index contributed by atoms with van der Waals surface area (Å²) in [4.78, 5) is 68.6. The molecule has 3 saturated heterocycles. The summed E-state index contributed by atoms with van der Waals surface area (Å²) in [5, 5.41) is 9.65. The largest absolute Gasteiger partial charge is 0.349 e. The molecule has 4 aromatic rings. The van der Waals surface area contributed by atoms with Crippen LogP contribution in [0.25, 0.3) is 0 Å². The Morgan fingerprint density at radius 1 is 0.672 bits per heavy atom. The number of aromatic nitrogens is 6. The van der Waals surface area contributed by atoms with Gasteiger partial charge in [-0.1, -0.05) is 6.07 Å². The Morgan fingerprint density at radius 3 is 1.88 bits per heavy atom. The molecular formula is C45H67N15O4. The van der Waals surface area contributed by atoms with Crippen LogP contribution >= 0.6 is 0 Å². The lowest BCUT2D eigenvalue weighted by Gasteiger charge is -2.29. The van der Waals surface area contributed by atoms with Crippen molar-refractivity contribution in [1.29, 1.82) is 0 Å². The minimum Gasteiger partial charge on any atom is -0.336 e. The molecule has 0 saturated carbocycles. The highest BCUT2D eigenvalue weighted by Gasteiger charge is 2.28. The van der Waals surface area contributed by atoms with Gasteiger partial charge in [0.15, 0.2) is 0 Å². The van der Waals surface area contributed by atoms with Crippen LogP contribution < -0.4 is 44.3 Å². The van der Waals surface area contributed by atoms with E-state index in [0.717, 1.165) is 116 Å². The summed E-state index contributed by atoms with van der Waals surface area (Å²) in [6.07, 6.45) is 16.5. The van der Waals surface area contributed by atoms with E-state index in [9.17, 15) is 14.4 Å². The second kappa shape index (κ2) is 24.2. The molecule has 0 aromatic carbocycles. The molecule has 19 heteroatoms. The third-order valence-electron chi connectivity index (χ3n) is 12.2. The molecule has 346 valence electrons. The van der Waals surface area contributed by atoms with Crippen molar-refractivity contribution in [2.24, 2.45) is 11.5 Å². The van der Waals surface area contributed by atoms with E-state index in [4.69, 9.17) is 16.3 Å². The maximum absolute atomic E-state index is 13.4. The minimum atomic E-state index is -0.324. The molecule has 7 heterocycles.